The van der Waals surface area contributed by atoms with Gasteiger partial charge < -0.3 is 20.1 Å². The molecule has 3 aromatic rings. The number of hydrogen-bond acceptors (Lipinski definition) is 4. The summed E-state index contributed by atoms with van der Waals surface area (Å²) in [5.74, 6) is -0.880. The molecule has 0 atom stereocenters. The smallest absolute Gasteiger partial charge is 0.340 e. The van der Waals surface area contributed by atoms with Gasteiger partial charge >= 0.3 is 5.97 Å². The second-order valence-corrected chi connectivity index (χ2v) is 5.63. The van der Waals surface area contributed by atoms with Crippen LogP contribution in [0.25, 0.3) is 21.9 Å². The first-order valence-electron chi connectivity index (χ1n) is 7.91. The van der Waals surface area contributed by atoms with Crippen molar-refractivity contribution in [2.24, 2.45) is 0 Å². The summed E-state index contributed by atoms with van der Waals surface area (Å²) in [5, 5.41) is 29.4. The molecule has 0 radical (unpaired) electrons. The van der Waals surface area contributed by atoms with E-state index >= 15 is 0 Å². The molecule has 5 heteroatoms. The highest BCUT2D eigenvalue weighted by atomic mass is 16.5. The molecule has 0 saturated heterocycles. The van der Waals surface area contributed by atoms with Gasteiger partial charge in [-0.1, -0.05) is 54.6 Å². The van der Waals surface area contributed by atoms with Crippen LogP contribution in [0.1, 0.15) is 16.8 Å². The molecule has 0 fully saturated rings. The van der Waals surface area contributed by atoms with Gasteiger partial charge in [-0.3, -0.25) is 0 Å². The number of carbonyl (C=O) groups is 1. The Balaban J connectivity index is 2.22. The number of carboxylic acids is 1. The lowest BCUT2D eigenvalue weighted by Gasteiger charge is -2.16. The predicted molar refractivity (Wildman–Crippen MR) is 94.7 cm³/mol. The molecular weight excluding hydrogens is 320 g/mol. The number of aliphatic hydroxyl groups is 2. The maximum Gasteiger partial charge on any atom is 0.340 e. The molecule has 0 aliphatic rings. The van der Waals surface area contributed by atoms with E-state index < -0.39 is 12.3 Å². The van der Waals surface area contributed by atoms with E-state index in [9.17, 15) is 9.90 Å². The summed E-state index contributed by atoms with van der Waals surface area (Å²) < 4.78 is 5.58. The average Bonchev–Trinajstić information content (AvgIpc) is 2.60. The maximum atomic E-state index is 12.0. The number of hydrogen-bond donors (Lipinski definition) is 3. The van der Waals surface area contributed by atoms with Crippen LogP contribution in [-0.4, -0.2) is 34.2 Å². The molecule has 0 heterocycles. The summed E-state index contributed by atoms with van der Waals surface area (Å²) in [6.45, 7) is 0.00448. The van der Waals surface area contributed by atoms with Gasteiger partial charge in [0.05, 0.1) is 6.61 Å². The Morgan fingerprint density at radius 1 is 1.00 bits per heavy atom. The Labute approximate surface area is 144 Å². The van der Waals surface area contributed by atoms with Crippen LogP contribution < -0.4 is 4.74 Å². The molecule has 0 aliphatic carbocycles. The van der Waals surface area contributed by atoms with Crippen LogP contribution in [0.2, 0.25) is 0 Å². The van der Waals surface area contributed by atoms with E-state index in [0.717, 1.165) is 16.3 Å². The Bertz CT molecular complexity index is 887. The first-order valence-corrected chi connectivity index (χ1v) is 7.91. The van der Waals surface area contributed by atoms with Crippen LogP contribution in [0, 0.1) is 0 Å². The fraction of sp³-hybridized carbons (Fsp3) is 0.150. The quantitative estimate of drug-likeness (QED) is 0.600. The minimum Gasteiger partial charge on any atom is -0.492 e. The molecule has 0 bridgehead atoms. The van der Waals surface area contributed by atoms with Gasteiger partial charge in [-0.2, -0.15) is 0 Å². The molecule has 25 heavy (non-hydrogen) atoms. The van der Waals surface area contributed by atoms with E-state index in [1.165, 1.54) is 0 Å². The van der Waals surface area contributed by atoms with Crippen molar-refractivity contribution in [2.75, 3.05) is 6.61 Å². The van der Waals surface area contributed by atoms with Crippen LogP contribution in [0.5, 0.6) is 5.75 Å². The van der Waals surface area contributed by atoms with E-state index in [2.05, 4.69) is 0 Å². The lowest BCUT2D eigenvalue weighted by atomic mass is 9.92. The van der Waals surface area contributed by atoms with E-state index in [-0.39, 0.29) is 24.3 Å². The summed E-state index contributed by atoms with van der Waals surface area (Å²) >= 11 is 0. The molecule has 0 aromatic heterocycles. The standard InChI is InChI=1S/C20H18O5/c21-17(22)10-11-25-16-12-14-8-4-5-9-15(14)18(19(16)20(23)24)13-6-2-1-3-7-13/h1-9,12,17,21-22H,10-11H2,(H,23,24). The molecule has 0 amide bonds. The number of rotatable bonds is 6. The average molecular weight is 338 g/mol. The van der Waals surface area contributed by atoms with Gasteiger partial charge in [0, 0.05) is 12.0 Å². The number of fused-ring (bicyclic) bond motifs is 1. The third-order valence-electron chi connectivity index (χ3n) is 3.92. The molecule has 0 spiro atoms. The van der Waals surface area contributed by atoms with Crippen molar-refractivity contribution in [1.29, 1.82) is 0 Å². The van der Waals surface area contributed by atoms with Crippen molar-refractivity contribution in [2.45, 2.75) is 12.7 Å². The number of aromatic carboxylic acids is 1. The van der Waals surface area contributed by atoms with Crippen molar-refractivity contribution in [3.05, 3.63) is 66.2 Å². The van der Waals surface area contributed by atoms with Crippen LogP contribution in [0.15, 0.2) is 60.7 Å². The first-order chi connectivity index (χ1) is 12.1. The summed E-state index contributed by atoms with van der Waals surface area (Å²) in [7, 11) is 0. The van der Waals surface area contributed by atoms with Gasteiger partial charge in [0.25, 0.3) is 0 Å². The van der Waals surface area contributed by atoms with Crippen LogP contribution >= 0.6 is 0 Å². The van der Waals surface area contributed by atoms with Gasteiger partial charge in [-0.05, 0) is 22.4 Å². The lowest BCUT2D eigenvalue weighted by Crippen LogP contribution is -2.12. The summed E-state index contributed by atoms with van der Waals surface area (Å²) in [6.07, 6.45) is -1.51. The Morgan fingerprint density at radius 2 is 1.68 bits per heavy atom. The van der Waals surface area contributed by atoms with E-state index in [0.29, 0.717) is 5.56 Å². The topological polar surface area (TPSA) is 87.0 Å². The predicted octanol–water partition coefficient (Wildman–Crippen LogP) is 3.28. The minimum absolute atomic E-state index is 0.00448. The van der Waals surface area contributed by atoms with E-state index in [1.807, 2.05) is 54.6 Å². The largest absolute Gasteiger partial charge is 0.492 e. The molecule has 5 nitrogen and oxygen atoms in total. The maximum absolute atomic E-state index is 12.0. The minimum atomic E-state index is -1.50. The van der Waals surface area contributed by atoms with Crippen molar-refractivity contribution in [3.63, 3.8) is 0 Å². The van der Waals surface area contributed by atoms with Crippen LogP contribution in [0.3, 0.4) is 0 Å². The van der Waals surface area contributed by atoms with Gasteiger partial charge in [0.2, 0.25) is 0 Å². The Kier molecular flexibility index (Phi) is 4.97. The van der Waals surface area contributed by atoms with Crippen molar-refractivity contribution in [1.82, 2.24) is 0 Å². The molecule has 3 rings (SSSR count). The zero-order chi connectivity index (χ0) is 17.8. The highest BCUT2D eigenvalue weighted by Crippen LogP contribution is 2.38. The van der Waals surface area contributed by atoms with E-state index in [1.54, 1.807) is 6.07 Å². The molecule has 3 N–H and O–H groups in total. The van der Waals surface area contributed by atoms with E-state index in [4.69, 9.17) is 14.9 Å². The number of benzene rings is 3. The molecule has 0 saturated carbocycles. The molecule has 3 aromatic carbocycles. The number of aliphatic hydroxyl groups excluding tert-OH is 1. The summed E-state index contributed by atoms with van der Waals surface area (Å²) in [6, 6.07) is 18.5. The third kappa shape index (κ3) is 3.63. The van der Waals surface area contributed by atoms with Crippen molar-refractivity contribution >= 4 is 16.7 Å². The summed E-state index contributed by atoms with van der Waals surface area (Å²) in [4.78, 5) is 12.0. The van der Waals surface area contributed by atoms with Crippen molar-refractivity contribution in [3.8, 4) is 16.9 Å². The molecule has 128 valence electrons. The van der Waals surface area contributed by atoms with Gasteiger partial charge in [0.15, 0.2) is 6.29 Å². The number of ether oxygens (including phenoxy) is 1. The second kappa shape index (κ2) is 7.34. The lowest BCUT2D eigenvalue weighted by molar-refractivity contribution is -0.0519. The normalized spacial score (nSPS) is 11.0. The van der Waals surface area contributed by atoms with Gasteiger partial charge in [0.1, 0.15) is 11.3 Å². The third-order valence-corrected chi connectivity index (χ3v) is 3.92. The van der Waals surface area contributed by atoms with Gasteiger partial charge in [-0.25, -0.2) is 4.79 Å². The molecule has 0 unspecified atom stereocenters. The second-order valence-electron chi connectivity index (χ2n) is 5.63. The van der Waals surface area contributed by atoms with Crippen LogP contribution in [0.4, 0.5) is 0 Å². The zero-order valence-electron chi connectivity index (χ0n) is 13.4. The van der Waals surface area contributed by atoms with Gasteiger partial charge in [-0.15, -0.1) is 0 Å². The zero-order valence-corrected chi connectivity index (χ0v) is 13.4. The highest BCUT2D eigenvalue weighted by molar-refractivity contribution is 6.10. The fourth-order valence-electron chi connectivity index (χ4n) is 2.83. The Hall–Kier alpha value is -2.89. The molecular formula is C20H18O5. The monoisotopic (exact) mass is 338 g/mol. The van der Waals surface area contributed by atoms with Crippen LogP contribution in [-0.2, 0) is 0 Å². The first kappa shape index (κ1) is 17.0. The summed E-state index contributed by atoms with van der Waals surface area (Å²) in [5.41, 5.74) is 1.44. The molecule has 0 aliphatic heterocycles. The van der Waals surface area contributed by atoms with Crippen molar-refractivity contribution < 1.29 is 24.9 Å². The highest BCUT2D eigenvalue weighted by Gasteiger charge is 2.21. The Morgan fingerprint density at radius 3 is 2.36 bits per heavy atom. The fourth-order valence-corrected chi connectivity index (χ4v) is 2.83. The number of carboxylic acid groups (broad SMARTS) is 1. The SMILES string of the molecule is O=C(O)c1c(OCCC(O)O)cc2ccccc2c1-c1ccccc1.